The molecule has 0 fully saturated rings. The van der Waals surface area contributed by atoms with Crippen molar-refractivity contribution in [2.45, 2.75) is 57.8 Å². The van der Waals surface area contributed by atoms with E-state index in [2.05, 4.69) is 16.0 Å². The Morgan fingerprint density at radius 3 is 0.854 bits per heavy atom. The number of benzene rings is 1. The molecule has 41 heavy (non-hydrogen) atoms. The molecule has 1 aromatic carbocycles. The summed E-state index contributed by atoms with van der Waals surface area (Å²) >= 11 is 0. The van der Waals surface area contributed by atoms with Gasteiger partial charge < -0.3 is 58.7 Å². The van der Waals surface area contributed by atoms with Gasteiger partial charge in [-0.3, -0.25) is 28.8 Å². The summed E-state index contributed by atoms with van der Waals surface area (Å²) in [6.07, 6.45) is 2.42. The van der Waals surface area contributed by atoms with Crippen molar-refractivity contribution in [1.82, 2.24) is 16.0 Å². The predicted octanol–water partition coefficient (Wildman–Crippen LogP) is -2.48. The molecule has 17 heteroatoms. The molecule has 17 nitrogen and oxygen atoms in total. The third-order valence-corrected chi connectivity index (χ3v) is 5.03. The molecule has 0 unspecified atom stereocenters. The van der Waals surface area contributed by atoms with Gasteiger partial charge in [0.2, 0.25) is 0 Å². The van der Waals surface area contributed by atoms with Gasteiger partial charge >= 0.3 is 17.9 Å². The fourth-order valence-electron chi connectivity index (χ4n) is 3.14. The Morgan fingerprint density at radius 1 is 0.439 bits per heavy atom. The first-order valence-corrected chi connectivity index (χ1v) is 11.7. The normalized spacial score (nSPS) is 9.07. The summed E-state index contributed by atoms with van der Waals surface area (Å²) in [6.45, 7) is 0.658. The molecule has 0 aliphatic rings. The van der Waals surface area contributed by atoms with Crippen molar-refractivity contribution in [3.05, 3.63) is 34.9 Å². The van der Waals surface area contributed by atoms with E-state index >= 15 is 0 Å². The predicted molar refractivity (Wildman–Crippen MR) is 146 cm³/mol. The van der Waals surface area contributed by atoms with Crippen LogP contribution in [0.15, 0.2) is 18.2 Å². The molecular formula is C24H43N3O14. The molecule has 0 atom stereocenters. The number of nitrogens with one attached hydrogen (secondary N) is 3. The van der Waals surface area contributed by atoms with Gasteiger partial charge in [0.1, 0.15) is 0 Å². The van der Waals surface area contributed by atoms with Crippen LogP contribution >= 0.6 is 0 Å². The topological polar surface area (TPSA) is 357 Å². The van der Waals surface area contributed by atoms with Crippen LogP contribution in [0.2, 0.25) is 0 Å². The average molecular weight is 598 g/mol. The summed E-state index contributed by atoms with van der Waals surface area (Å²) < 4.78 is 0. The van der Waals surface area contributed by atoms with Crippen LogP contribution < -0.4 is 16.0 Å². The van der Waals surface area contributed by atoms with Gasteiger partial charge in [0.25, 0.3) is 17.7 Å². The van der Waals surface area contributed by atoms with Crippen molar-refractivity contribution >= 4 is 35.6 Å². The molecule has 0 spiro atoms. The fourth-order valence-corrected chi connectivity index (χ4v) is 3.14. The molecule has 238 valence electrons. The van der Waals surface area contributed by atoms with Gasteiger partial charge in [0.15, 0.2) is 0 Å². The first-order chi connectivity index (χ1) is 17.1. The zero-order valence-electron chi connectivity index (χ0n) is 22.5. The number of amides is 3. The van der Waals surface area contributed by atoms with E-state index in [0.717, 1.165) is 0 Å². The number of aliphatic carboxylic acids is 3. The van der Waals surface area contributed by atoms with Crippen LogP contribution in [0.3, 0.4) is 0 Å². The molecule has 1 aromatic rings. The van der Waals surface area contributed by atoms with Crippen molar-refractivity contribution in [2.75, 3.05) is 19.6 Å². The first kappa shape index (κ1) is 46.7. The molecule has 0 saturated carbocycles. The van der Waals surface area contributed by atoms with Crippen molar-refractivity contribution < 1.29 is 71.5 Å². The maximum absolute atomic E-state index is 12.6. The standard InChI is InChI=1S/C24H33N3O9.5H2O/c28-19(29)7-1-4-10-25-22(34)16-13-17(23(35)26-11-5-2-8-20(30)31)15-18(14-16)24(36)27-12-6-3-9-21(32)33;;;;;/h13-15H,1-12H2,(H,25,34)(H,26,35)(H,27,36)(H,28,29)(H,30,31)(H,32,33);5*1H2. The average Bonchev–Trinajstić information content (AvgIpc) is 2.82. The van der Waals surface area contributed by atoms with Gasteiger partial charge in [-0.25, -0.2) is 0 Å². The van der Waals surface area contributed by atoms with Crippen LogP contribution in [0.4, 0.5) is 0 Å². The van der Waals surface area contributed by atoms with E-state index in [1.54, 1.807) is 0 Å². The molecule has 0 bridgehead atoms. The highest BCUT2D eigenvalue weighted by molar-refractivity contribution is 6.04. The Labute approximate surface area is 235 Å². The van der Waals surface area contributed by atoms with Gasteiger partial charge in [0.05, 0.1) is 0 Å². The molecule has 0 aromatic heterocycles. The van der Waals surface area contributed by atoms with Crippen LogP contribution in [-0.2, 0) is 14.4 Å². The molecule has 0 heterocycles. The van der Waals surface area contributed by atoms with Crippen molar-refractivity contribution in [3.8, 4) is 0 Å². The summed E-state index contributed by atoms with van der Waals surface area (Å²) in [5.41, 5.74) is 0.216. The molecule has 1 rings (SSSR count). The minimum atomic E-state index is -0.929. The van der Waals surface area contributed by atoms with Crippen LogP contribution in [-0.4, -0.2) is 98.0 Å². The summed E-state index contributed by atoms with van der Waals surface area (Å²) in [5.74, 6) is -4.38. The Balaban J connectivity index is -0.000000864. The Bertz CT molecular complexity index is 824. The third-order valence-electron chi connectivity index (χ3n) is 5.03. The second-order valence-electron chi connectivity index (χ2n) is 8.12. The van der Waals surface area contributed by atoms with Crippen molar-refractivity contribution in [2.24, 2.45) is 0 Å². The minimum absolute atomic E-state index is 0. The van der Waals surface area contributed by atoms with Crippen LogP contribution in [0.5, 0.6) is 0 Å². The summed E-state index contributed by atoms with van der Waals surface area (Å²) in [5, 5.41) is 34.0. The van der Waals surface area contributed by atoms with Gasteiger partial charge in [-0.1, -0.05) is 0 Å². The first-order valence-electron chi connectivity index (χ1n) is 11.7. The lowest BCUT2D eigenvalue weighted by Crippen LogP contribution is -2.29. The van der Waals surface area contributed by atoms with Crippen molar-refractivity contribution in [1.29, 1.82) is 0 Å². The molecule has 0 aliphatic carbocycles. The zero-order valence-corrected chi connectivity index (χ0v) is 22.5. The van der Waals surface area contributed by atoms with E-state index in [-0.39, 0.29) is 83.0 Å². The monoisotopic (exact) mass is 597 g/mol. The van der Waals surface area contributed by atoms with E-state index < -0.39 is 35.6 Å². The summed E-state index contributed by atoms with van der Waals surface area (Å²) in [7, 11) is 0. The molecule has 16 N–H and O–H groups in total. The van der Waals surface area contributed by atoms with E-state index in [9.17, 15) is 28.8 Å². The number of unbranched alkanes of at least 4 members (excludes halogenated alkanes) is 3. The second kappa shape index (κ2) is 26.1. The number of hydrogen-bond donors (Lipinski definition) is 6. The Kier molecular flexibility index (Phi) is 29.7. The SMILES string of the molecule is O.O.O.O.O.O=C(O)CCCCNC(=O)c1cc(C(=O)NCCCCC(=O)O)cc(C(=O)NCCCCC(=O)O)c1. The number of carboxylic acid groups (broad SMARTS) is 3. The Hall–Kier alpha value is -4.16. The smallest absolute Gasteiger partial charge is 0.303 e. The van der Waals surface area contributed by atoms with Gasteiger partial charge in [-0.15, -0.1) is 0 Å². The van der Waals surface area contributed by atoms with Gasteiger partial charge in [0, 0.05) is 55.6 Å². The van der Waals surface area contributed by atoms with E-state index in [1.807, 2.05) is 0 Å². The maximum atomic E-state index is 12.6. The lowest BCUT2D eigenvalue weighted by atomic mass is 10.0. The van der Waals surface area contributed by atoms with Crippen LogP contribution in [0, 0.1) is 0 Å². The number of carbonyl (C=O) groups excluding carboxylic acids is 3. The lowest BCUT2D eigenvalue weighted by molar-refractivity contribution is -0.138. The van der Waals surface area contributed by atoms with E-state index in [4.69, 9.17) is 15.3 Å². The van der Waals surface area contributed by atoms with Gasteiger partial charge in [-0.2, -0.15) is 0 Å². The molecule has 0 saturated heterocycles. The third kappa shape index (κ3) is 21.4. The zero-order chi connectivity index (χ0) is 26.9. The molecular weight excluding hydrogens is 554 g/mol. The molecule has 0 aliphatic heterocycles. The number of carbonyl (C=O) groups is 6. The highest BCUT2D eigenvalue weighted by atomic mass is 16.4. The Morgan fingerprint density at radius 2 is 0.659 bits per heavy atom. The van der Waals surface area contributed by atoms with Gasteiger partial charge in [-0.05, 0) is 56.7 Å². The molecule has 3 amide bonds. The lowest BCUT2D eigenvalue weighted by Gasteiger charge is -2.11. The minimum Gasteiger partial charge on any atom is -0.481 e. The number of hydrogen-bond acceptors (Lipinski definition) is 6. The van der Waals surface area contributed by atoms with E-state index in [0.29, 0.717) is 38.5 Å². The largest absolute Gasteiger partial charge is 0.481 e. The number of rotatable bonds is 18. The highest BCUT2D eigenvalue weighted by Gasteiger charge is 2.16. The number of carboxylic acids is 3. The van der Waals surface area contributed by atoms with E-state index in [1.165, 1.54) is 18.2 Å². The maximum Gasteiger partial charge on any atom is 0.303 e. The summed E-state index contributed by atoms with van der Waals surface area (Å²) in [6, 6.07) is 4.01. The summed E-state index contributed by atoms with van der Waals surface area (Å²) in [4.78, 5) is 69.6. The van der Waals surface area contributed by atoms with Crippen LogP contribution in [0.1, 0.15) is 88.9 Å². The highest BCUT2D eigenvalue weighted by Crippen LogP contribution is 2.12. The van der Waals surface area contributed by atoms with Crippen molar-refractivity contribution in [3.63, 3.8) is 0 Å². The molecule has 0 radical (unpaired) electrons. The van der Waals surface area contributed by atoms with Crippen LogP contribution in [0.25, 0.3) is 0 Å². The second-order valence-corrected chi connectivity index (χ2v) is 8.12. The fraction of sp³-hybridized carbons (Fsp3) is 0.500. The quantitative estimate of drug-likeness (QED) is 0.0973.